The van der Waals surface area contributed by atoms with Crippen LogP contribution in [0.1, 0.15) is 194 Å². The number of hydrogen-bond acceptors (Lipinski definition) is 6. The van der Waals surface area contributed by atoms with Gasteiger partial charge in [0.2, 0.25) is 0 Å². The van der Waals surface area contributed by atoms with Crippen LogP contribution in [0.25, 0.3) is 0 Å². The highest BCUT2D eigenvalue weighted by Gasteiger charge is 2.19. The van der Waals surface area contributed by atoms with E-state index in [-0.39, 0.29) is 31.1 Å². The van der Waals surface area contributed by atoms with E-state index >= 15 is 0 Å². The first kappa shape index (κ1) is 52.6. The zero-order valence-electron chi connectivity index (χ0n) is 36.1. The number of rotatable bonds is 39. The van der Waals surface area contributed by atoms with Crippen molar-refractivity contribution in [1.29, 1.82) is 0 Å². The Hall–Kier alpha value is -3.41. The van der Waals surface area contributed by atoms with Gasteiger partial charge in [-0.25, -0.2) is 0 Å². The van der Waals surface area contributed by atoms with Crippen LogP contribution in [0.4, 0.5) is 0 Å². The third-order valence-electron chi connectivity index (χ3n) is 9.13. The zero-order chi connectivity index (χ0) is 40.8. The lowest BCUT2D eigenvalue weighted by atomic mass is 10.1. The summed E-state index contributed by atoms with van der Waals surface area (Å²) in [5.74, 6) is -0.969. The Labute approximate surface area is 344 Å². The summed E-state index contributed by atoms with van der Waals surface area (Å²) in [6.07, 6.45) is 55.9. The van der Waals surface area contributed by atoms with Crippen LogP contribution in [0.2, 0.25) is 0 Å². The molecule has 318 valence electrons. The van der Waals surface area contributed by atoms with Crippen molar-refractivity contribution in [1.82, 2.24) is 0 Å². The molecule has 0 bridgehead atoms. The molecule has 0 radical (unpaired) electrons. The van der Waals surface area contributed by atoms with E-state index in [4.69, 9.17) is 14.2 Å². The summed E-state index contributed by atoms with van der Waals surface area (Å²) < 4.78 is 16.6. The fourth-order valence-corrected chi connectivity index (χ4v) is 5.72. The summed E-state index contributed by atoms with van der Waals surface area (Å²) in [5.41, 5.74) is 0. The predicted molar refractivity (Wildman–Crippen MR) is 237 cm³/mol. The minimum absolute atomic E-state index is 0.0951. The van der Waals surface area contributed by atoms with Crippen LogP contribution >= 0.6 is 0 Å². The molecule has 0 aromatic rings. The van der Waals surface area contributed by atoms with Crippen molar-refractivity contribution in [2.75, 3.05) is 13.2 Å². The van der Waals surface area contributed by atoms with Gasteiger partial charge in [0.15, 0.2) is 6.10 Å². The van der Waals surface area contributed by atoms with Crippen molar-refractivity contribution in [3.63, 3.8) is 0 Å². The molecule has 0 saturated heterocycles. The first-order valence-electron chi connectivity index (χ1n) is 22.6. The minimum atomic E-state index is -0.793. The van der Waals surface area contributed by atoms with Gasteiger partial charge in [0, 0.05) is 19.3 Å². The van der Waals surface area contributed by atoms with Crippen molar-refractivity contribution < 1.29 is 28.6 Å². The molecule has 0 rings (SSSR count). The Bertz CT molecular complexity index is 1120. The molecule has 6 nitrogen and oxygen atoms in total. The monoisotopic (exact) mass is 779 g/mol. The lowest BCUT2D eigenvalue weighted by Gasteiger charge is -2.18. The smallest absolute Gasteiger partial charge is 0.306 e. The van der Waals surface area contributed by atoms with E-state index in [9.17, 15) is 14.4 Å². The maximum Gasteiger partial charge on any atom is 0.306 e. The molecule has 1 atom stereocenters. The third kappa shape index (κ3) is 41.7. The third-order valence-corrected chi connectivity index (χ3v) is 9.13. The molecule has 0 aromatic heterocycles. The molecule has 56 heavy (non-hydrogen) atoms. The van der Waals surface area contributed by atoms with Gasteiger partial charge >= 0.3 is 17.9 Å². The van der Waals surface area contributed by atoms with Gasteiger partial charge in [-0.05, 0) is 89.9 Å². The number of carbonyl (C=O) groups excluding carboxylic acids is 3. The SMILES string of the molecule is CC/C=C\C/C=C\C/C=C\C/C=C\C/C=C\C/C=C\CCCCC(=O)OCC(COC(=O)CCCCCCCC)OC(=O)CCCCCCC/C=C\CCCC. The van der Waals surface area contributed by atoms with Crippen LogP contribution in [0, 0.1) is 0 Å². The standard InChI is InChI=1S/C50H82O6/c1-4-7-10-13-16-18-20-21-22-23-24-25-26-27-28-29-31-32-34-37-40-43-49(52)55-46-47(45-54-48(51)42-39-36-15-12-9-6-3)56-50(53)44-41-38-35-33-30-19-17-14-11-8-5-2/h7,10,14,16-18,21-22,24-25,27-28,31-32,47H,4-6,8-9,11-13,15,19-20,23,26,29-30,33-46H2,1-3H3/b10-7-,17-14-,18-16-,22-21-,25-24-,28-27-,32-31-. The average molecular weight is 779 g/mol. The fraction of sp³-hybridized carbons (Fsp3) is 0.660. The molecular weight excluding hydrogens is 697 g/mol. The summed E-state index contributed by atoms with van der Waals surface area (Å²) in [4.78, 5) is 37.5. The van der Waals surface area contributed by atoms with E-state index in [0.717, 1.165) is 109 Å². The topological polar surface area (TPSA) is 78.9 Å². The number of carbonyl (C=O) groups is 3. The number of allylic oxidation sites excluding steroid dienone is 14. The first-order chi connectivity index (χ1) is 27.5. The predicted octanol–water partition coefficient (Wildman–Crippen LogP) is 14.5. The molecule has 0 saturated carbocycles. The van der Waals surface area contributed by atoms with Crippen molar-refractivity contribution >= 4 is 17.9 Å². The molecule has 0 aliphatic carbocycles. The van der Waals surface area contributed by atoms with Gasteiger partial charge in [-0.3, -0.25) is 14.4 Å². The fourth-order valence-electron chi connectivity index (χ4n) is 5.72. The van der Waals surface area contributed by atoms with Gasteiger partial charge in [-0.1, -0.05) is 170 Å². The van der Waals surface area contributed by atoms with Crippen LogP contribution in [0.15, 0.2) is 85.1 Å². The van der Waals surface area contributed by atoms with E-state index in [1.165, 1.54) is 44.9 Å². The molecule has 0 spiro atoms. The van der Waals surface area contributed by atoms with Gasteiger partial charge in [0.05, 0.1) is 0 Å². The summed E-state index contributed by atoms with van der Waals surface area (Å²) in [6, 6.07) is 0. The number of ether oxygens (including phenoxy) is 3. The lowest BCUT2D eigenvalue weighted by Crippen LogP contribution is -2.30. The second-order valence-electron chi connectivity index (χ2n) is 14.6. The van der Waals surface area contributed by atoms with Crippen molar-refractivity contribution in [3.05, 3.63) is 85.1 Å². The number of hydrogen-bond donors (Lipinski definition) is 0. The van der Waals surface area contributed by atoms with Crippen molar-refractivity contribution in [2.45, 2.75) is 200 Å². The summed E-state index contributed by atoms with van der Waals surface area (Å²) in [5, 5.41) is 0. The Morgan fingerprint density at radius 2 is 0.714 bits per heavy atom. The number of unbranched alkanes of at least 4 members (excludes halogenated alkanes) is 14. The van der Waals surface area contributed by atoms with Crippen LogP contribution in [0.5, 0.6) is 0 Å². The normalized spacial score (nSPS) is 12.8. The lowest BCUT2D eigenvalue weighted by molar-refractivity contribution is -0.167. The highest BCUT2D eigenvalue weighted by atomic mass is 16.6. The Morgan fingerprint density at radius 1 is 0.375 bits per heavy atom. The van der Waals surface area contributed by atoms with Crippen LogP contribution in [-0.4, -0.2) is 37.2 Å². The second-order valence-corrected chi connectivity index (χ2v) is 14.6. The highest BCUT2D eigenvalue weighted by Crippen LogP contribution is 2.12. The van der Waals surface area contributed by atoms with E-state index in [2.05, 4.69) is 106 Å². The van der Waals surface area contributed by atoms with Crippen LogP contribution < -0.4 is 0 Å². The van der Waals surface area contributed by atoms with Gasteiger partial charge in [0.1, 0.15) is 13.2 Å². The van der Waals surface area contributed by atoms with Gasteiger partial charge in [-0.2, -0.15) is 0 Å². The average Bonchev–Trinajstić information content (AvgIpc) is 3.19. The van der Waals surface area contributed by atoms with E-state index in [1.807, 2.05) is 0 Å². The maximum atomic E-state index is 12.6. The molecule has 0 N–H and O–H groups in total. The quantitative estimate of drug-likeness (QED) is 0.0268. The summed E-state index contributed by atoms with van der Waals surface area (Å²) in [6.45, 7) is 6.35. The van der Waals surface area contributed by atoms with Crippen molar-refractivity contribution in [2.24, 2.45) is 0 Å². The Balaban J connectivity index is 4.34. The van der Waals surface area contributed by atoms with Crippen LogP contribution in [0.3, 0.4) is 0 Å². The molecular formula is C50H82O6. The second kappa shape index (κ2) is 44.3. The molecule has 0 aromatic carbocycles. The molecule has 1 unspecified atom stereocenters. The van der Waals surface area contributed by atoms with Crippen LogP contribution in [-0.2, 0) is 28.6 Å². The van der Waals surface area contributed by atoms with Gasteiger partial charge < -0.3 is 14.2 Å². The highest BCUT2D eigenvalue weighted by molar-refractivity contribution is 5.71. The molecule has 0 amide bonds. The maximum absolute atomic E-state index is 12.6. The molecule has 0 aliphatic heterocycles. The minimum Gasteiger partial charge on any atom is -0.462 e. The number of esters is 3. The van der Waals surface area contributed by atoms with E-state index in [0.29, 0.717) is 19.3 Å². The molecule has 0 aliphatic rings. The van der Waals surface area contributed by atoms with E-state index < -0.39 is 6.10 Å². The molecule has 0 heterocycles. The van der Waals surface area contributed by atoms with Crippen molar-refractivity contribution in [3.8, 4) is 0 Å². The largest absolute Gasteiger partial charge is 0.462 e. The Morgan fingerprint density at radius 3 is 1.20 bits per heavy atom. The van der Waals surface area contributed by atoms with E-state index in [1.54, 1.807) is 0 Å². The molecule has 0 fully saturated rings. The Kier molecular flexibility index (Phi) is 41.6. The first-order valence-corrected chi connectivity index (χ1v) is 22.6. The molecule has 6 heteroatoms. The van der Waals surface area contributed by atoms with Gasteiger partial charge in [0.25, 0.3) is 0 Å². The summed E-state index contributed by atoms with van der Waals surface area (Å²) >= 11 is 0. The van der Waals surface area contributed by atoms with Gasteiger partial charge in [-0.15, -0.1) is 0 Å². The summed E-state index contributed by atoms with van der Waals surface area (Å²) in [7, 11) is 0. The zero-order valence-corrected chi connectivity index (χ0v) is 36.1.